The maximum absolute atomic E-state index is 8.71. The third-order valence-electron chi connectivity index (χ3n) is 2.38. The number of aliphatic hydroxyl groups is 1. The van der Waals surface area contributed by atoms with Crippen LogP contribution in [0.5, 0.6) is 0 Å². The van der Waals surface area contributed by atoms with Crippen LogP contribution in [0, 0.1) is 0 Å². The normalized spacial score (nSPS) is 28.8. The summed E-state index contributed by atoms with van der Waals surface area (Å²) in [4.78, 5) is 2.36. The van der Waals surface area contributed by atoms with Crippen molar-refractivity contribution in [2.24, 2.45) is 0 Å². The molecule has 0 aromatic heterocycles. The summed E-state index contributed by atoms with van der Waals surface area (Å²) >= 11 is 0. The zero-order valence-electron chi connectivity index (χ0n) is 6.71. The molecule has 2 nitrogen and oxygen atoms in total. The molecule has 0 spiro atoms. The molecule has 1 heterocycles. The zero-order valence-corrected chi connectivity index (χ0v) is 6.71. The van der Waals surface area contributed by atoms with Gasteiger partial charge in [-0.05, 0) is 32.9 Å². The Morgan fingerprint density at radius 1 is 1.50 bits per heavy atom. The predicted molar refractivity (Wildman–Crippen MR) is 42.0 cm³/mol. The summed E-state index contributed by atoms with van der Waals surface area (Å²) < 4.78 is 0. The van der Waals surface area contributed by atoms with Gasteiger partial charge in [-0.15, -0.1) is 0 Å². The second-order valence-corrected chi connectivity index (χ2v) is 3.14. The van der Waals surface area contributed by atoms with Gasteiger partial charge in [-0.25, -0.2) is 0 Å². The molecule has 1 N–H and O–H groups in total. The van der Waals surface area contributed by atoms with Crippen LogP contribution in [0.3, 0.4) is 0 Å². The SMILES string of the molecule is CN1CCCC[C@@H]1CCO. The molecule has 0 aliphatic carbocycles. The van der Waals surface area contributed by atoms with E-state index in [1.165, 1.54) is 25.8 Å². The highest BCUT2D eigenvalue weighted by Crippen LogP contribution is 2.16. The minimum Gasteiger partial charge on any atom is -0.396 e. The Balaban J connectivity index is 2.25. The molecule has 1 aliphatic rings. The van der Waals surface area contributed by atoms with Crippen LogP contribution in [0.1, 0.15) is 25.7 Å². The lowest BCUT2D eigenvalue weighted by Crippen LogP contribution is -2.36. The first kappa shape index (κ1) is 8.02. The molecule has 0 aromatic carbocycles. The number of hydrogen-bond donors (Lipinski definition) is 1. The van der Waals surface area contributed by atoms with Crippen molar-refractivity contribution < 1.29 is 5.11 Å². The summed E-state index contributed by atoms with van der Waals surface area (Å²) in [5.74, 6) is 0. The zero-order chi connectivity index (χ0) is 7.40. The van der Waals surface area contributed by atoms with Crippen molar-refractivity contribution in [1.82, 2.24) is 4.90 Å². The van der Waals surface area contributed by atoms with Crippen molar-refractivity contribution in [2.45, 2.75) is 31.7 Å². The second-order valence-electron chi connectivity index (χ2n) is 3.14. The molecule has 10 heavy (non-hydrogen) atoms. The van der Waals surface area contributed by atoms with Gasteiger partial charge >= 0.3 is 0 Å². The monoisotopic (exact) mass is 143 g/mol. The van der Waals surface area contributed by atoms with E-state index in [1.54, 1.807) is 0 Å². The number of nitrogens with zero attached hydrogens (tertiary/aromatic N) is 1. The Hall–Kier alpha value is -0.0800. The lowest BCUT2D eigenvalue weighted by atomic mass is 10.0. The van der Waals surface area contributed by atoms with E-state index in [1.807, 2.05) is 0 Å². The quantitative estimate of drug-likeness (QED) is 0.619. The van der Waals surface area contributed by atoms with E-state index in [4.69, 9.17) is 5.11 Å². The maximum atomic E-state index is 8.71. The third-order valence-corrected chi connectivity index (χ3v) is 2.38. The fourth-order valence-electron chi connectivity index (χ4n) is 1.66. The van der Waals surface area contributed by atoms with Gasteiger partial charge in [-0.2, -0.15) is 0 Å². The highest BCUT2D eigenvalue weighted by Gasteiger charge is 2.17. The van der Waals surface area contributed by atoms with E-state index in [0.29, 0.717) is 12.6 Å². The van der Waals surface area contributed by atoms with E-state index < -0.39 is 0 Å². The van der Waals surface area contributed by atoms with Crippen molar-refractivity contribution in [3.63, 3.8) is 0 Å². The van der Waals surface area contributed by atoms with E-state index in [-0.39, 0.29) is 0 Å². The lowest BCUT2D eigenvalue weighted by Gasteiger charge is -2.31. The summed E-state index contributed by atoms with van der Waals surface area (Å²) in [6.07, 6.45) is 4.90. The Morgan fingerprint density at radius 3 is 2.90 bits per heavy atom. The molecule has 2 heteroatoms. The Morgan fingerprint density at radius 2 is 2.30 bits per heavy atom. The van der Waals surface area contributed by atoms with Crippen LogP contribution in [-0.4, -0.2) is 36.2 Å². The number of piperidine rings is 1. The molecule has 1 rings (SSSR count). The minimum absolute atomic E-state index is 0.342. The van der Waals surface area contributed by atoms with Gasteiger partial charge in [0.15, 0.2) is 0 Å². The first-order chi connectivity index (χ1) is 4.84. The largest absolute Gasteiger partial charge is 0.396 e. The van der Waals surface area contributed by atoms with Crippen molar-refractivity contribution in [1.29, 1.82) is 0 Å². The molecule has 60 valence electrons. The van der Waals surface area contributed by atoms with Gasteiger partial charge in [-0.1, -0.05) is 6.42 Å². The molecule has 1 atom stereocenters. The van der Waals surface area contributed by atoms with Crippen LogP contribution in [0.2, 0.25) is 0 Å². The van der Waals surface area contributed by atoms with Gasteiger partial charge in [0.1, 0.15) is 0 Å². The van der Waals surface area contributed by atoms with E-state index >= 15 is 0 Å². The van der Waals surface area contributed by atoms with E-state index in [2.05, 4.69) is 11.9 Å². The molecule has 1 saturated heterocycles. The van der Waals surface area contributed by atoms with Crippen LogP contribution >= 0.6 is 0 Å². The fraction of sp³-hybridized carbons (Fsp3) is 1.00. The molecule has 1 aliphatic heterocycles. The van der Waals surface area contributed by atoms with Crippen molar-refractivity contribution in [3.8, 4) is 0 Å². The molecule has 0 aromatic rings. The fourth-order valence-corrected chi connectivity index (χ4v) is 1.66. The molecule has 0 amide bonds. The minimum atomic E-state index is 0.342. The van der Waals surface area contributed by atoms with Crippen LogP contribution < -0.4 is 0 Å². The average Bonchev–Trinajstić information content (AvgIpc) is 1.94. The Bertz CT molecular complexity index is 93.3. The standard InChI is InChI=1S/C8H17NO/c1-9-6-3-2-4-8(9)5-7-10/h8,10H,2-7H2,1H3/t8-/m1/s1. The van der Waals surface area contributed by atoms with Gasteiger partial charge in [0.25, 0.3) is 0 Å². The lowest BCUT2D eigenvalue weighted by molar-refractivity contribution is 0.147. The van der Waals surface area contributed by atoms with Crippen LogP contribution in [0.15, 0.2) is 0 Å². The van der Waals surface area contributed by atoms with Gasteiger partial charge < -0.3 is 10.0 Å². The van der Waals surface area contributed by atoms with Crippen molar-refractivity contribution in [2.75, 3.05) is 20.2 Å². The molecular formula is C8H17NO. The molecule has 0 bridgehead atoms. The Labute approximate surface area is 62.8 Å². The summed E-state index contributed by atoms with van der Waals surface area (Å²) in [5, 5.41) is 8.71. The van der Waals surface area contributed by atoms with Crippen LogP contribution in [0.25, 0.3) is 0 Å². The molecule has 0 saturated carbocycles. The predicted octanol–water partition coefficient (Wildman–Crippen LogP) is 0.853. The number of rotatable bonds is 2. The number of hydrogen-bond acceptors (Lipinski definition) is 2. The first-order valence-electron chi connectivity index (χ1n) is 4.15. The summed E-state index contributed by atoms with van der Waals surface area (Å²) in [7, 11) is 2.15. The summed E-state index contributed by atoms with van der Waals surface area (Å²) in [5.41, 5.74) is 0. The molecule has 1 fully saturated rings. The third kappa shape index (κ3) is 1.96. The first-order valence-corrected chi connectivity index (χ1v) is 4.15. The van der Waals surface area contributed by atoms with E-state index in [0.717, 1.165) is 6.42 Å². The van der Waals surface area contributed by atoms with Gasteiger partial charge in [0.2, 0.25) is 0 Å². The highest BCUT2D eigenvalue weighted by atomic mass is 16.3. The number of aliphatic hydroxyl groups excluding tert-OH is 1. The average molecular weight is 143 g/mol. The second kappa shape index (κ2) is 3.94. The van der Waals surface area contributed by atoms with E-state index in [9.17, 15) is 0 Å². The highest BCUT2D eigenvalue weighted by molar-refractivity contribution is 4.73. The van der Waals surface area contributed by atoms with Crippen molar-refractivity contribution in [3.05, 3.63) is 0 Å². The summed E-state index contributed by atoms with van der Waals surface area (Å²) in [6.45, 7) is 1.56. The van der Waals surface area contributed by atoms with Gasteiger partial charge in [0.05, 0.1) is 0 Å². The molecular weight excluding hydrogens is 126 g/mol. The van der Waals surface area contributed by atoms with Gasteiger partial charge in [0, 0.05) is 12.6 Å². The molecule has 0 radical (unpaired) electrons. The van der Waals surface area contributed by atoms with Crippen LogP contribution in [-0.2, 0) is 0 Å². The topological polar surface area (TPSA) is 23.5 Å². The number of likely N-dealkylation sites (tertiary alicyclic amines) is 1. The van der Waals surface area contributed by atoms with Crippen LogP contribution in [0.4, 0.5) is 0 Å². The van der Waals surface area contributed by atoms with Gasteiger partial charge in [-0.3, -0.25) is 0 Å². The Kier molecular flexibility index (Phi) is 3.16. The maximum Gasteiger partial charge on any atom is 0.0445 e. The smallest absolute Gasteiger partial charge is 0.0445 e. The van der Waals surface area contributed by atoms with Crippen molar-refractivity contribution >= 4 is 0 Å². The summed E-state index contributed by atoms with van der Waals surface area (Å²) in [6, 6.07) is 0.652. The molecule has 0 unspecified atom stereocenters.